The third-order valence-corrected chi connectivity index (χ3v) is 2.68. The molecule has 2 rings (SSSR count). The molecule has 0 radical (unpaired) electrons. The predicted molar refractivity (Wildman–Crippen MR) is 63.3 cm³/mol. The monoisotopic (exact) mass is 219 g/mol. The number of rotatable bonds is 4. The third kappa shape index (κ3) is 1.93. The molecule has 0 amide bonds. The van der Waals surface area contributed by atoms with Crippen LogP contribution < -0.4 is 5.32 Å². The van der Waals surface area contributed by atoms with Crippen molar-refractivity contribution in [2.24, 2.45) is 0 Å². The van der Waals surface area contributed by atoms with E-state index in [0.29, 0.717) is 0 Å². The molecule has 2 aromatic rings. The van der Waals surface area contributed by atoms with Gasteiger partial charge in [0, 0.05) is 12.7 Å². The van der Waals surface area contributed by atoms with Crippen LogP contribution in [0.4, 0.5) is 5.69 Å². The molecule has 0 aliphatic heterocycles. The van der Waals surface area contributed by atoms with Crippen molar-refractivity contribution in [2.45, 2.75) is 33.9 Å². The second-order valence-corrected chi connectivity index (χ2v) is 3.80. The average Bonchev–Trinajstić information content (AvgIpc) is 2.84. The molecule has 0 saturated heterocycles. The highest BCUT2D eigenvalue weighted by Gasteiger charge is 2.06. The molecule has 0 unspecified atom stereocenters. The van der Waals surface area contributed by atoms with Crippen molar-refractivity contribution in [1.82, 2.24) is 20.0 Å². The lowest BCUT2D eigenvalue weighted by atomic mass is 10.3. The average molecular weight is 219 g/mol. The Labute approximate surface area is 94.9 Å². The normalized spacial score (nSPS) is 10.7. The van der Waals surface area contributed by atoms with Gasteiger partial charge in [0.2, 0.25) is 0 Å². The Balaban J connectivity index is 2.08. The molecule has 5 nitrogen and oxygen atoms in total. The van der Waals surface area contributed by atoms with E-state index in [-0.39, 0.29) is 0 Å². The van der Waals surface area contributed by atoms with Gasteiger partial charge in [-0.05, 0) is 26.8 Å². The van der Waals surface area contributed by atoms with Crippen LogP contribution in [0.1, 0.15) is 24.0 Å². The molecule has 2 N–H and O–H groups in total. The molecular formula is C11H17N5. The fourth-order valence-corrected chi connectivity index (χ4v) is 1.79. The molecule has 0 aliphatic rings. The summed E-state index contributed by atoms with van der Waals surface area (Å²) in [4.78, 5) is 0. The minimum atomic E-state index is 0.773. The van der Waals surface area contributed by atoms with E-state index in [4.69, 9.17) is 0 Å². The highest BCUT2D eigenvalue weighted by Crippen LogP contribution is 2.16. The van der Waals surface area contributed by atoms with Gasteiger partial charge in [-0.1, -0.05) is 0 Å². The van der Waals surface area contributed by atoms with Crippen molar-refractivity contribution in [1.29, 1.82) is 0 Å². The van der Waals surface area contributed by atoms with Crippen molar-refractivity contribution in [3.05, 3.63) is 29.3 Å². The van der Waals surface area contributed by atoms with Gasteiger partial charge in [-0.2, -0.15) is 10.2 Å². The van der Waals surface area contributed by atoms with Gasteiger partial charge in [-0.15, -0.1) is 0 Å². The lowest BCUT2D eigenvalue weighted by Gasteiger charge is -2.07. The topological polar surface area (TPSA) is 58.5 Å². The van der Waals surface area contributed by atoms with E-state index in [2.05, 4.69) is 27.5 Å². The lowest BCUT2D eigenvalue weighted by Crippen LogP contribution is -2.08. The molecule has 0 aromatic carbocycles. The van der Waals surface area contributed by atoms with Crippen molar-refractivity contribution in [2.75, 3.05) is 5.32 Å². The fraction of sp³-hybridized carbons (Fsp3) is 0.455. The lowest BCUT2D eigenvalue weighted by molar-refractivity contribution is 0.627. The summed E-state index contributed by atoms with van der Waals surface area (Å²) in [7, 11) is 0. The fourth-order valence-electron chi connectivity index (χ4n) is 1.79. The SMILES string of the molecule is CCn1nccc1CNc1c(C)n[nH]c1C. The first kappa shape index (κ1) is 10.7. The van der Waals surface area contributed by atoms with Crippen LogP contribution in [0.3, 0.4) is 0 Å². The second kappa shape index (κ2) is 4.38. The summed E-state index contributed by atoms with van der Waals surface area (Å²) in [6.07, 6.45) is 1.83. The molecule has 2 aromatic heterocycles. The Morgan fingerprint density at radius 1 is 1.44 bits per heavy atom. The Kier molecular flexibility index (Phi) is 2.94. The van der Waals surface area contributed by atoms with Crippen LogP contribution in [0.5, 0.6) is 0 Å². The summed E-state index contributed by atoms with van der Waals surface area (Å²) in [5, 5.41) is 14.7. The number of nitrogens with one attached hydrogen (secondary N) is 2. The van der Waals surface area contributed by atoms with E-state index in [0.717, 1.165) is 30.2 Å². The van der Waals surface area contributed by atoms with Gasteiger partial charge in [0.15, 0.2) is 0 Å². The molecule has 0 atom stereocenters. The molecule has 86 valence electrons. The van der Waals surface area contributed by atoms with Gasteiger partial charge in [0.25, 0.3) is 0 Å². The number of nitrogens with zero attached hydrogens (tertiary/aromatic N) is 3. The summed E-state index contributed by atoms with van der Waals surface area (Å²) in [6, 6.07) is 2.03. The van der Waals surface area contributed by atoms with Crippen LogP contribution in [0, 0.1) is 13.8 Å². The summed E-state index contributed by atoms with van der Waals surface area (Å²) in [6.45, 7) is 7.76. The zero-order valence-corrected chi connectivity index (χ0v) is 9.91. The van der Waals surface area contributed by atoms with Crippen LogP contribution >= 0.6 is 0 Å². The minimum Gasteiger partial charge on any atom is -0.376 e. The maximum atomic E-state index is 4.23. The molecular weight excluding hydrogens is 202 g/mol. The molecule has 2 heterocycles. The van der Waals surface area contributed by atoms with Gasteiger partial charge in [0.1, 0.15) is 0 Å². The number of aryl methyl sites for hydroxylation is 3. The van der Waals surface area contributed by atoms with Crippen molar-refractivity contribution >= 4 is 5.69 Å². The largest absolute Gasteiger partial charge is 0.376 e. The zero-order valence-electron chi connectivity index (χ0n) is 9.91. The van der Waals surface area contributed by atoms with Gasteiger partial charge < -0.3 is 5.32 Å². The maximum Gasteiger partial charge on any atom is 0.0825 e. The van der Waals surface area contributed by atoms with E-state index in [9.17, 15) is 0 Å². The van der Waals surface area contributed by atoms with E-state index in [1.165, 1.54) is 5.69 Å². The Morgan fingerprint density at radius 3 is 2.88 bits per heavy atom. The number of aromatic nitrogens is 4. The van der Waals surface area contributed by atoms with Crippen LogP contribution in [0.15, 0.2) is 12.3 Å². The zero-order chi connectivity index (χ0) is 11.5. The van der Waals surface area contributed by atoms with Crippen molar-refractivity contribution in [3.8, 4) is 0 Å². The molecule has 0 bridgehead atoms. The molecule has 0 aliphatic carbocycles. The summed E-state index contributed by atoms with van der Waals surface area (Å²) >= 11 is 0. The molecule has 0 fully saturated rings. The standard InChI is InChI=1S/C11H17N5/c1-4-16-10(5-6-13-16)7-12-11-8(2)14-15-9(11)3/h5-6,12H,4,7H2,1-3H3,(H,14,15). The predicted octanol–water partition coefficient (Wildman–Crippen LogP) is 1.86. The Morgan fingerprint density at radius 2 is 2.25 bits per heavy atom. The van der Waals surface area contributed by atoms with E-state index in [1.54, 1.807) is 0 Å². The number of hydrogen-bond donors (Lipinski definition) is 2. The van der Waals surface area contributed by atoms with Gasteiger partial charge >= 0.3 is 0 Å². The van der Waals surface area contributed by atoms with Crippen molar-refractivity contribution in [3.63, 3.8) is 0 Å². The first-order chi connectivity index (χ1) is 7.72. The summed E-state index contributed by atoms with van der Waals surface area (Å²) < 4.78 is 1.98. The third-order valence-electron chi connectivity index (χ3n) is 2.68. The summed E-state index contributed by atoms with van der Waals surface area (Å²) in [5.41, 5.74) is 4.34. The molecule has 0 saturated carbocycles. The first-order valence-electron chi connectivity index (χ1n) is 5.48. The summed E-state index contributed by atoms with van der Waals surface area (Å²) in [5.74, 6) is 0. The number of hydrogen-bond acceptors (Lipinski definition) is 3. The van der Waals surface area contributed by atoms with E-state index < -0.39 is 0 Å². The van der Waals surface area contributed by atoms with Gasteiger partial charge in [-0.3, -0.25) is 9.78 Å². The van der Waals surface area contributed by atoms with Crippen LogP contribution in [-0.4, -0.2) is 20.0 Å². The smallest absolute Gasteiger partial charge is 0.0825 e. The maximum absolute atomic E-state index is 4.23. The van der Waals surface area contributed by atoms with E-state index >= 15 is 0 Å². The quantitative estimate of drug-likeness (QED) is 0.825. The first-order valence-corrected chi connectivity index (χ1v) is 5.48. The number of aromatic amines is 1. The number of anilines is 1. The highest BCUT2D eigenvalue weighted by atomic mass is 15.3. The van der Waals surface area contributed by atoms with E-state index in [1.807, 2.05) is 30.8 Å². The van der Waals surface area contributed by atoms with Gasteiger partial charge in [0.05, 0.1) is 29.3 Å². The van der Waals surface area contributed by atoms with Crippen molar-refractivity contribution < 1.29 is 0 Å². The molecule has 5 heteroatoms. The van der Waals surface area contributed by atoms with Crippen LogP contribution in [0.25, 0.3) is 0 Å². The van der Waals surface area contributed by atoms with Crippen LogP contribution in [0.2, 0.25) is 0 Å². The van der Waals surface area contributed by atoms with Crippen LogP contribution in [-0.2, 0) is 13.1 Å². The molecule has 0 spiro atoms. The second-order valence-electron chi connectivity index (χ2n) is 3.80. The Bertz CT molecular complexity index is 449. The van der Waals surface area contributed by atoms with Gasteiger partial charge in [-0.25, -0.2) is 0 Å². The highest BCUT2D eigenvalue weighted by molar-refractivity contribution is 5.51. The molecule has 16 heavy (non-hydrogen) atoms. The number of H-pyrrole nitrogens is 1. The Hall–Kier alpha value is -1.78. The minimum absolute atomic E-state index is 0.773.